The SMILES string of the molecule is Cc1c(C=O)cc(-c2ccsc2)n1S(=O)(=O)c1ccccc1. The van der Waals surface area contributed by atoms with Crippen LogP contribution >= 0.6 is 11.3 Å². The van der Waals surface area contributed by atoms with Crippen LogP contribution in [0, 0.1) is 6.92 Å². The molecule has 2 aromatic heterocycles. The summed E-state index contributed by atoms with van der Waals surface area (Å²) in [7, 11) is -3.75. The number of thiophene rings is 1. The zero-order valence-corrected chi connectivity index (χ0v) is 13.4. The van der Waals surface area contributed by atoms with Gasteiger partial charge >= 0.3 is 0 Å². The highest BCUT2D eigenvalue weighted by molar-refractivity contribution is 7.90. The molecule has 0 radical (unpaired) electrons. The van der Waals surface area contributed by atoms with Gasteiger partial charge < -0.3 is 0 Å². The molecule has 0 atom stereocenters. The molecule has 0 aliphatic rings. The van der Waals surface area contributed by atoms with Crippen LogP contribution in [0.15, 0.2) is 58.1 Å². The van der Waals surface area contributed by atoms with Crippen molar-refractivity contribution in [3.63, 3.8) is 0 Å². The Morgan fingerprint density at radius 1 is 1.14 bits per heavy atom. The second-order valence-corrected chi connectivity index (χ2v) is 7.35. The van der Waals surface area contributed by atoms with Crippen LogP contribution in [0.4, 0.5) is 0 Å². The zero-order valence-electron chi connectivity index (χ0n) is 11.8. The predicted molar refractivity (Wildman–Crippen MR) is 86.9 cm³/mol. The third kappa shape index (κ3) is 2.30. The lowest BCUT2D eigenvalue weighted by Crippen LogP contribution is -2.15. The maximum absolute atomic E-state index is 13.0. The van der Waals surface area contributed by atoms with Gasteiger partial charge in [0.05, 0.1) is 10.6 Å². The summed E-state index contributed by atoms with van der Waals surface area (Å²) in [6.07, 6.45) is 0.683. The lowest BCUT2D eigenvalue weighted by molar-refractivity contribution is 0.112. The van der Waals surface area contributed by atoms with Crippen molar-refractivity contribution >= 4 is 27.6 Å². The van der Waals surface area contributed by atoms with Crippen molar-refractivity contribution in [3.05, 3.63) is 64.5 Å². The molecule has 1 aromatic carbocycles. The summed E-state index contributed by atoms with van der Waals surface area (Å²) in [5.74, 6) is 0. The van der Waals surface area contributed by atoms with E-state index in [1.54, 1.807) is 43.3 Å². The Hall–Kier alpha value is -2.18. The average Bonchev–Trinajstić information content (AvgIpc) is 3.15. The van der Waals surface area contributed by atoms with Crippen LogP contribution in [0.3, 0.4) is 0 Å². The lowest BCUT2D eigenvalue weighted by Gasteiger charge is -2.12. The van der Waals surface area contributed by atoms with Gasteiger partial charge in [-0.3, -0.25) is 4.79 Å². The van der Waals surface area contributed by atoms with E-state index in [4.69, 9.17) is 0 Å². The first-order valence-electron chi connectivity index (χ1n) is 6.56. The number of rotatable bonds is 4. The van der Waals surface area contributed by atoms with E-state index in [0.29, 0.717) is 23.2 Å². The van der Waals surface area contributed by atoms with E-state index in [-0.39, 0.29) is 4.90 Å². The van der Waals surface area contributed by atoms with E-state index in [9.17, 15) is 13.2 Å². The highest BCUT2D eigenvalue weighted by Gasteiger charge is 2.25. The molecule has 22 heavy (non-hydrogen) atoms. The van der Waals surface area contributed by atoms with Gasteiger partial charge in [-0.2, -0.15) is 11.3 Å². The molecule has 0 spiro atoms. The standard InChI is InChI=1S/C16H13NO3S2/c1-12-14(10-18)9-16(13-7-8-21-11-13)17(12)22(19,20)15-5-3-2-4-6-15/h2-11H,1H3. The first-order chi connectivity index (χ1) is 10.6. The van der Waals surface area contributed by atoms with Gasteiger partial charge in [-0.1, -0.05) is 18.2 Å². The van der Waals surface area contributed by atoms with Gasteiger partial charge in [-0.25, -0.2) is 12.4 Å². The largest absolute Gasteiger partial charge is 0.298 e. The molecule has 0 unspecified atom stereocenters. The van der Waals surface area contributed by atoms with Crippen LogP contribution in [0.25, 0.3) is 11.3 Å². The summed E-state index contributed by atoms with van der Waals surface area (Å²) in [6.45, 7) is 1.64. The number of hydrogen-bond donors (Lipinski definition) is 0. The number of carbonyl (C=O) groups excluding carboxylic acids is 1. The van der Waals surface area contributed by atoms with E-state index in [1.165, 1.54) is 15.3 Å². The summed E-state index contributed by atoms with van der Waals surface area (Å²) in [5.41, 5.74) is 2.08. The van der Waals surface area contributed by atoms with Crippen molar-refractivity contribution in [2.45, 2.75) is 11.8 Å². The molecule has 0 aliphatic carbocycles. The highest BCUT2D eigenvalue weighted by Crippen LogP contribution is 2.30. The third-order valence-electron chi connectivity index (χ3n) is 3.46. The molecule has 6 heteroatoms. The molecule has 0 N–H and O–H groups in total. The van der Waals surface area contributed by atoms with Gasteiger partial charge in [0, 0.05) is 22.2 Å². The first kappa shape index (κ1) is 14.7. The Morgan fingerprint density at radius 3 is 2.45 bits per heavy atom. The fourth-order valence-corrected chi connectivity index (χ4v) is 4.59. The minimum Gasteiger partial charge on any atom is -0.298 e. The monoisotopic (exact) mass is 331 g/mol. The quantitative estimate of drug-likeness (QED) is 0.687. The van der Waals surface area contributed by atoms with Crippen molar-refractivity contribution < 1.29 is 13.2 Å². The molecule has 0 bridgehead atoms. The maximum atomic E-state index is 13.0. The molecule has 0 saturated heterocycles. The van der Waals surface area contributed by atoms with Gasteiger partial charge in [0.2, 0.25) is 0 Å². The second-order valence-electron chi connectivity index (χ2n) is 4.78. The lowest BCUT2D eigenvalue weighted by atomic mass is 10.2. The smallest absolute Gasteiger partial charge is 0.268 e. The van der Waals surface area contributed by atoms with Crippen LogP contribution in [-0.2, 0) is 10.0 Å². The molecule has 4 nitrogen and oxygen atoms in total. The molecule has 0 amide bonds. The van der Waals surface area contributed by atoms with Crippen LogP contribution in [-0.4, -0.2) is 18.7 Å². The fourth-order valence-electron chi connectivity index (χ4n) is 2.35. The molecule has 2 heterocycles. The first-order valence-corrected chi connectivity index (χ1v) is 8.94. The van der Waals surface area contributed by atoms with Gasteiger partial charge in [-0.05, 0) is 36.6 Å². The summed E-state index contributed by atoms with van der Waals surface area (Å²) >= 11 is 1.48. The molecule has 0 fully saturated rings. The molecule has 112 valence electrons. The molecule has 0 aliphatic heterocycles. The van der Waals surface area contributed by atoms with Gasteiger partial charge in [0.25, 0.3) is 10.0 Å². The molecular weight excluding hydrogens is 318 g/mol. The van der Waals surface area contributed by atoms with E-state index in [2.05, 4.69) is 0 Å². The van der Waals surface area contributed by atoms with E-state index >= 15 is 0 Å². The minimum absolute atomic E-state index is 0.197. The Kier molecular flexibility index (Phi) is 3.72. The normalized spacial score (nSPS) is 11.5. The summed E-state index contributed by atoms with van der Waals surface area (Å²) in [6, 6.07) is 11.7. The van der Waals surface area contributed by atoms with Crippen LogP contribution < -0.4 is 0 Å². The number of hydrogen-bond acceptors (Lipinski definition) is 4. The Bertz CT molecular complexity index is 908. The maximum Gasteiger partial charge on any atom is 0.268 e. The topological polar surface area (TPSA) is 56.1 Å². The number of aromatic nitrogens is 1. The summed E-state index contributed by atoms with van der Waals surface area (Å²) in [4.78, 5) is 11.4. The van der Waals surface area contributed by atoms with Crippen molar-refractivity contribution in [2.24, 2.45) is 0 Å². The summed E-state index contributed by atoms with van der Waals surface area (Å²) < 4.78 is 27.1. The van der Waals surface area contributed by atoms with E-state index in [0.717, 1.165) is 5.56 Å². The number of benzene rings is 1. The molecule has 3 aromatic rings. The molecule has 3 rings (SSSR count). The van der Waals surface area contributed by atoms with Crippen molar-refractivity contribution in [3.8, 4) is 11.3 Å². The molecular formula is C16H13NO3S2. The number of aldehydes is 1. The van der Waals surface area contributed by atoms with Crippen molar-refractivity contribution in [1.82, 2.24) is 3.97 Å². The highest BCUT2D eigenvalue weighted by atomic mass is 32.2. The third-order valence-corrected chi connectivity index (χ3v) is 5.96. The predicted octanol–water partition coefficient (Wildman–Crippen LogP) is 3.57. The van der Waals surface area contributed by atoms with E-state index < -0.39 is 10.0 Å². The molecule has 0 saturated carbocycles. The van der Waals surface area contributed by atoms with E-state index in [1.807, 2.05) is 16.8 Å². The van der Waals surface area contributed by atoms with Crippen molar-refractivity contribution in [1.29, 1.82) is 0 Å². The second kappa shape index (κ2) is 5.55. The summed E-state index contributed by atoms with van der Waals surface area (Å²) in [5, 5.41) is 3.73. The van der Waals surface area contributed by atoms with Gasteiger partial charge in [0.15, 0.2) is 6.29 Å². The van der Waals surface area contributed by atoms with Gasteiger partial charge in [0.1, 0.15) is 0 Å². The number of carbonyl (C=O) groups is 1. The Morgan fingerprint density at radius 2 is 1.86 bits per heavy atom. The average molecular weight is 331 g/mol. The minimum atomic E-state index is -3.75. The Balaban J connectivity index is 2.31. The van der Waals surface area contributed by atoms with Gasteiger partial charge in [-0.15, -0.1) is 0 Å². The Labute approximate surface area is 132 Å². The number of nitrogens with zero attached hydrogens (tertiary/aromatic N) is 1. The fraction of sp³-hybridized carbons (Fsp3) is 0.0625. The van der Waals surface area contributed by atoms with Crippen LogP contribution in [0.5, 0.6) is 0 Å². The van der Waals surface area contributed by atoms with Crippen LogP contribution in [0.1, 0.15) is 16.1 Å². The van der Waals surface area contributed by atoms with Crippen LogP contribution in [0.2, 0.25) is 0 Å². The zero-order chi connectivity index (χ0) is 15.7. The van der Waals surface area contributed by atoms with Crippen molar-refractivity contribution in [2.75, 3.05) is 0 Å².